The molecule has 2 N–H and O–H groups in total. The Bertz CT molecular complexity index is 1250. The lowest BCUT2D eigenvalue weighted by atomic mass is 10.2. The van der Waals surface area contributed by atoms with Crippen molar-refractivity contribution >= 4 is 28.6 Å². The van der Waals surface area contributed by atoms with E-state index in [0.717, 1.165) is 0 Å². The highest BCUT2D eigenvalue weighted by Crippen LogP contribution is 2.22. The molecule has 1 amide bonds. The summed E-state index contributed by atoms with van der Waals surface area (Å²) in [7, 11) is 1.85. The number of aromatic amines is 1. The molecule has 0 saturated carbocycles. The number of para-hydroxylation sites is 1. The molecule has 0 unspecified atom stereocenters. The van der Waals surface area contributed by atoms with E-state index in [2.05, 4.69) is 25.5 Å². The van der Waals surface area contributed by atoms with Gasteiger partial charge in [0.25, 0.3) is 11.5 Å². The van der Waals surface area contributed by atoms with Crippen LogP contribution in [0.4, 0.5) is 0 Å². The topological polar surface area (TPSA) is 106 Å². The van der Waals surface area contributed by atoms with Crippen molar-refractivity contribution in [3.8, 4) is 0 Å². The molecule has 0 aliphatic rings. The molecule has 2 aromatic carbocycles. The maximum Gasteiger partial charge on any atom is 0.258 e. The van der Waals surface area contributed by atoms with Crippen molar-refractivity contribution in [2.75, 3.05) is 0 Å². The van der Waals surface area contributed by atoms with Crippen molar-refractivity contribution in [2.45, 2.75) is 23.9 Å². The smallest absolute Gasteiger partial charge is 0.258 e. The third kappa shape index (κ3) is 4.11. The summed E-state index contributed by atoms with van der Waals surface area (Å²) >= 11 is 1.41. The van der Waals surface area contributed by atoms with Gasteiger partial charge >= 0.3 is 0 Å². The van der Waals surface area contributed by atoms with Gasteiger partial charge in [-0.05, 0) is 31.2 Å². The van der Waals surface area contributed by atoms with Gasteiger partial charge in [-0.3, -0.25) is 9.59 Å². The molecule has 0 aliphatic carbocycles. The summed E-state index contributed by atoms with van der Waals surface area (Å²) in [5, 5.41) is 12.6. The molecular weight excluding hydrogens is 400 g/mol. The number of aromatic nitrogens is 5. The lowest BCUT2D eigenvalue weighted by Gasteiger charge is -2.13. The Balaban J connectivity index is 1.46. The molecule has 152 valence electrons. The number of hydrogen-bond donors (Lipinski definition) is 2. The first-order valence-electron chi connectivity index (χ1n) is 9.39. The Morgan fingerprint density at radius 3 is 2.67 bits per heavy atom. The Morgan fingerprint density at radius 2 is 1.87 bits per heavy atom. The molecule has 0 fully saturated rings. The minimum Gasteiger partial charge on any atom is -0.342 e. The molecule has 30 heavy (non-hydrogen) atoms. The molecule has 0 radical (unpaired) electrons. The van der Waals surface area contributed by atoms with Gasteiger partial charge in [0.05, 0.1) is 22.7 Å². The highest BCUT2D eigenvalue weighted by atomic mass is 32.2. The normalized spacial score (nSPS) is 12.1. The van der Waals surface area contributed by atoms with Crippen molar-refractivity contribution in [3.63, 3.8) is 0 Å². The van der Waals surface area contributed by atoms with Crippen molar-refractivity contribution in [1.29, 1.82) is 0 Å². The minimum atomic E-state index is -0.317. The molecule has 9 heteroatoms. The van der Waals surface area contributed by atoms with Crippen LogP contribution in [0.2, 0.25) is 0 Å². The lowest BCUT2D eigenvalue weighted by molar-refractivity contribution is 0.0937. The van der Waals surface area contributed by atoms with E-state index in [1.807, 2.05) is 54.9 Å². The zero-order valence-electron chi connectivity index (χ0n) is 16.5. The molecule has 0 saturated heterocycles. The average Bonchev–Trinajstić information content (AvgIpc) is 3.13. The summed E-state index contributed by atoms with van der Waals surface area (Å²) in [5.74, 6) is 1.48. The van der Waals surface area contributed by atoms with E-state index in [1.54, 1.807) is 18.2 Å². The van der Waals surface area contributed by atoms with Crippen molar-refractivity contribution in [1.82, 2.24) is 30.0 Å². The summed E-state index contributed by atoms with van der Waals surface area (Å²) in [6.45, 7) is 1.86. The van der Waals surface area contributed by atoms with Crippen LogP contribution in [0.3, 0.4) is 0 Å². The first-order chi connectivity index (χ1) is 14.5. The minimum absolute atomic E-state index is 0.160. The Morgan fingerprint density at radius 1 is 1.13 bits per heavy atom. The molecule has 0 spiro atoms. The second-order valence-corrected chi connectivity index (χ2v) is 7.72. The summed E-state index contributed by atoms with van der Waals surface area (Å²) < 4.78 is 1.83. The number of benzene rings is 2. The van der Waals surface area contributed by atoms with Gasteiger partial charge in [0.1, 0.15) is 5.82 Å². The predicted octanol–water partition coefficient (Wildman–Crippen LogP) is 2.83. The van der Waals surface area contributed by atoms with E-state index in [4.69, 9.17) is 0 Å². The zero-order chi connectivity index (χ0) is 21.1. The highest BCUT2D eigenvalue weighted by Gasteiger charge is 2.18. The predicted molar refractivity (Wildman–Crippen MR) is 115 cm³/mol. The number of amides is 1. The summed E-state index contributed by atoms with van der Waals surface area (Å²) in [5.41, 5.74) is 1.09. The van der Waals surface area contributed by atoms with E-state index in [0.29, 0.717) is 39.0 Å². The van der Waals surface area contributed by atoms with Crippen molar-refractivity contribution < 1.29 is 4.79 Å². The lowest BCUT2D eigenvalue weighted by Crippen LogP contribution is -2.28. The Hall–Kier alpha value is -3.46. The largest absolute Gasteiger partial charge is 0.342 e. The van der Waals surface area contributed by atoms with E-state index in [9.17, 15) is 9.59 Å². The molecule has 2 aromatic heterocycles. The van der Waals surface area contributed by atoms with Crippen LogP contribution in [0, 0.1) is 0 Å². The van der Waals surface area contributed by atoms with E-state index >= 15 is 0 Å². The number of nitrogens with zero attached hydrogens (tertiary/aromatic N) is 4. The van der Waals surface area contributed by atoms with Crippen LogP contribution in [0.5, 0.6) is 0 Å². The molecule has 4 rings (SSSR count). The fourth-order valence-electron chi connectivity index (χ4n) is 3.10. The first-order valence-corrected chi connectivity index (χ1v) is 10.4. The SMILES string of the molecule is C[C@H](NC(=O)c1ccccc1)c1nnc(SCc2nc3ccccc3c(=O)[nH]2)n1C. The van der Waals surface area contributed by atoms with Crippen molar-refractivity contribution in [3.05, 3.63) is 82.2 Å². The monoisotopic (exact) mass is 420 g/mol. The van der Waals surface area contributed by atoms with Gasteiger partial charge in [-0.1, -0.05) is 42.1 Å². The molecule has 0 aliphatic heterocycles. The number of rotatable bonds is 6. The van der Waals surface area contributed by atoms with Gasteiger partial charge in [-0.15, -0.1) is 10.2 Å². The third-order valence-electron chi connectivity index (χ3n) is 4.64. The number of carbonyl (C=O) groups excluding carboxylic acids is 1. The number of carbonyl (C=O) groups is 1. The number of H-pyrrole nitrogens is 1. The summed E-state index contributed by atoms with van der Waals surface area (Å²) in [4.78, 5) is 31.9. The Labute approximate surface area is 176 Å². The van der Waals surface area contributed by atoms with Gasteiger partial charge in [-0.2, -0.15) is 0 Å². The van der Waals surface area contributed by atoms with Gasteiger partial charge in [-0.25, -0.2) is 4.98 Å². The van der Waals surface area contributed by atoms with Crippen LogP contribution >= 0.6 is 11.8 Å². The van der Waals surface area contributed by atoms with Crippen LogP contribution in [-0.2, 0) is 12.8 Å². The molecule has 0 bridgehead atoms. The highest BCUT2D eigenvalue weighted by molar-refractivity contribution is 7.98. The Kier molecular flexibility index (Phi) is 5.62. The van der Waals surface area contributed by atoms with Crippen LogP contribution in [0.25, 0.3) is 10.9 Å². The quantitative estimate of drug-likeness (QED) is 0.465. The average molecular weight is 420 g/mol. The van der Waals surface area contributed by atoms with E-state index in [-0.39, 0.29) is 17.5 Å². The van der Waals surface area contributed by atoms with Crippen molar-refractivity contribution in [2.24, 2.45) is 7.05 Å². The van der Waals surface area contributed by atoms with Gasteiger partial charge in [0.2, 0.25) is 0 Å². The number of thioether (sulfide) groups is 1. The maximum absolute atomic E-state index is 12.4. The fourth-order valence-corrected chi connectivity index (χ4v) is 3.89. The summed E-state index contributed by atoms with van der Waals surface area (Å²) in [6, 6.07) is 15.9. The first kappa shape index (κ1) is 19.8. The molecular formula is C21H20N6O2S. The second kappa shape index (κ2) is 8.50. The molecule has 4 aromatic rings. The maximum atomic E-state index is 12.4. The zero-order valence-corrected chi connectivity index (χ0v) is 17.3. The van der Waals surface area contributed by atoms with E-state index in [1.165, 1.54) is 11.8 Å². The molecule has 1 atom stereocenters. The second-order valence-electron chi connectivity index (χ2n) is 6.78. The van der Waals surface area contributed by atoms with Crippen LogP contribution < -0.4 is 10.9 Å². The van der Waals surface area contributed by atoms with E-state index < -0.39 is 0 Å². The van der Waals surface area contributed by atoms with Gasteiger partial charge < -0.3 is 14.9 Å². The standard InChI is InChI=1S/C21H20N6O2S/c1-13(22-19(28)14-8-4-3-5-9-14)18-25-26-21(27(18)2)30-12-17-23-16-11-7-6-10-15(16)20(29)24-17/h3-11,13H,12H2,1-2H3,(H,22,28)(H,23,24,29)/t13-/m0/s1. The van der Waals surface area contributed by atoms with Crippen LogP contribution in [0.1, 0.15) is 35.0 Å². The summed E-state index contributed by atoms with van der Waals surface area (Å²) in [6.07, 6.45) is 0. The number of hydrogen-bond acceptors (Lipinski definition) is 6. The van der Waals surface area contributed by atoms with Crippen LogP contribution in [-0.4, -0.2) is 30.6 Å². The fraction of sp³-hybridized carbons (Fsp3) is 0.190. The van der Waals surface area contributed by atoms with Gasteiger partial charge in [0, 0.05) is 12.6 Å². The third-order valence-corrected chi connectivity index (χ3v) is 5.67. The molecule has 8 nitrogen and oxygen atoms in total. The molecule has 2 heterocycles. The number of fused-ring (bicyclic) bond motifs is 1. The van der Waals surface area contributed by atoms with Crippen LogP contribution in [0.15, 0.2) is 64.5 Å². The van der Waals surface area contributed by atoms with Gasteiger partial charge in [0.15, 0.2) is 11.0 Å². The number of nitrogens with one attached hydrogen (secondary N) is 2.